The van der Waals surface area contributed by atoms with Crippen LogP contribution in [-0.2, 0) is 12.0 Å². The molecule has 96 valence electrons. The highest BCUT2D eigenvalue weighted by Gasteiger charge is 2.12. The molecule has 0 amide bonds. The highest BCUT2D eigenvalue weighted by molar-refractivity contribution is 7.80. The van der Waals surface area contributed by atoms with E-state index in [0.717, 1.165) is 25.3 Å². The van der Waals surface area contributed by atoms with Gasteiger partial charge < -0.3 is 4.90 Å². The third-order valence-electron chi connectivity index (χ3n) is 2.97. The number of hydrogen-bond donors (Lipinski definition) is 1. The van der Waals surface area contributed by atoms with Gasteiger partial charge >= 0.3 is 0 Å². The fraction of sp³-hybridized carbons (Fsp3) is 0.600. The molecule has 0 heterocycles. The van der Waals surface area contributed by atoms with E-state index in [1.54, 1.807) is 0 Å². The van der Waals surface area contributed by atoms with E-state index in [9.17, 15) is 0 Å². The van der Waals surface area contributed by atoms with Crippen LogP contribution in [0.4, 0.5) is 0 Å². The van der Waals surface area contributed by atoms with E-state index in [1.807, 2.05) is 0 Å². The molecule has 0 bridgehead atoms. The lowest BCUT2D eigenvalue weighted by molar-refractivity contribution is 0.328. The highest BCUT2D eigenvalue weighted by atomic mass is 32.1. The van der Waals surface area contributed by atoms with Crippen molar-refractivity contribution in [2.75, 3.05) is 19.3 Å². The molecule has 0 atom stereocenters. The molecule has 0 saturated carbocycles. The Morgan fingerprint density at radius 2 is 1.71 bits per heavy atom. The number of hydrogen-bond acceptors (Lipinski definition) is 2. The predicted molar refractivity (Wildman–Crippen MR) is 79.9 cm³/mol. The lowest BCUT2D eigenvalue weighted by Crippen LogP contribution is -2.19. The van der Waals surface area contributed by atoms with Gasteiger partial charge in [-0.05, 0) is 42.3 Å². The summed E-state index contributed by atoms with van der Waals surface area (Å²) in [6.45, 7) is 8.89. The molecule has 0 unspecified atom stereocenters. The number of thiol groups is 1. The largest absolute Gasteiger partial charge is 0.302 e. The molecule has 17 heavy (non-hydrogen) atoms. The van der Waals surface area contributed by atoms with Crippen molar-refractivity contribution in [1.82, 2.24) is 4.90 Å². The minimum absolute atomic E-state index is 0.246. The average Bonchev–Trinajstić information content (AvgIpc) is 2.26. The molecule has 1 aromatic rings. The van der Waals surface area contributed by atoms with E-state index in [4.69, 9.17) is 0 Å². The molecule has 0 aliphatic rings. The van der Waals surface area contributed by atoms with Crippen LogP contribution in [0.2, 0.25) is 0 Å². The van der Waals surface area contributed by atoms with Crippen LogP contribution >= 0.6 is 12.6 Å². The van der Waals surface area contributed by atoms with Crippen molar-refractivity contribution in [3.63, 3.8) is 0 Å². The van der Waals surface area contributed by atoms with Crippen molar-refractivity contribution in [2.45, 2.75) is 39.2 Å². The van der Waals surface area contributed by atoms with Crippen LogP contribution in [-0.4, -0.2) is 24.2 Å². The lowest BCUT2D eigenvalue weighted by Gasteiger charge is -2.20. The maximum Gasteiger partial charge on any atom is 0.0230 e. The summed E-state index contributed by atoms with van der Waals surface area (Å²) >= 11 is 4.24. The summed E-state index contributed by atoms with van der Waals surface area (Å²) in [5.41, 5.74) is 3.04. The molecule has 2 heteroatoms. The molecule has 0 N–H and O–H groups in total. The van der Waals surface area contributed by atoms with E-state index in [1.165, 1.54) is 11.1 Å². The van der Waals surface area contributed by atoms with Crippen LogP contribution in [0.5, 0.6) is 0 Å². The van der Waals surface area contributed by atoms with E-state index >= 15 is 0 Å². The summed E-state index contributed by atoms with van der Waals surface area (Å²) < 4.78 is 0. The van der Waals surface area contributed by atoms with Gasteiger partial charge in [0.25, 0.3) is 0 Å². The molecule has 0 spiro atoms. The van der Waals surface area contributed by atoms with Crippen molar-refractivity contribution in [3.05, 3.63) is 35.4 Å². The van der Waals surface area contributed by atoms with Gasteiger partial charge in [-0.1, -0.05) is 45.0 Å². The van der Waals surface area contributed by atoms with Gasteiger partial charge in [-0.3, -0.25) is 0 Å². The smallest absolute Gasteiger partial charge is 0.0230 e. The summed E-state index contributed by atoms with van der Waals surface area (Å²) in [6, 6.07) is 9.00. The first kappa shape index (κ1) is 14.6. The topological polar surface area (TPSA) is 3.24 Å². The van der Waals surface area contributed by atoms with Crippen LogP contribution in [0.1, 0.15) is 38.3 Å². The molecule has 1 nitrogen and oxygen atoms in total. The van der Waals surface area contributed by atoms with Crippen LogP contribution in [0.25, 0.3) is 0 Å². The zero-order valence-electron chi connectivity index (χ0n) is 11.5. The first-order chi connectivity index (χ1) is 7.93. The van der Waals surface area contributed by atoms with Gasteiger partial charge in [0.1, 0.15) is 0 Å². The number of rotatable bonds is 5. The first-order valence-corrected chi connectivity index (χ1v) is 6.95. The van der Waals surface area contributed by atoms with Crippen LogP contribution in [0, 0.1) is 0 Å². The van der Waals surface area contributed by atoms with Crippen molar-refractivity contribution in [3.8, 4) is 0 Å². The van der Waals surface area contributed by atoms with E-state index in [0.29, 0.717) is 0 Å². The Kier molecular flexibility index (Phi) is 5.54. The lowest BCUT2D eigenvalue weighted by atomic mass is 9.87. The van der Waals surface area contributed by atoms with Gasteiger partial charge in [-0.25, -0.2) is 0 Å². The fourth-order valence-corrected chi connectivity index (χ4v) is 1.98. The minimum Gasteiger partial charge on any atom is -0.302 e. The SMILES string of the molecule is CN(CCCS)Cc1ccc(C(C)(C)C)cc1. The summed E-state index contributed by atoms with van der Waals surface area (Å²) in [5.74, 6) is 0.966. The Balaban J connectivity index is 2.56. The maximum absolute atomic E-state index is 4.24. The summed E-state index contributed by atoms with van der Waals surface area (Å²) in [7, 11) is 2.17. The Labute approximate surface area is 112 Å². The maximum atomic E-state index is 4.24. The van der Waals surface area contributed by atoms with Crippen molar-refractivity contribution >= 4 is 12.6 Å². The Hall–Kier alpha value is -0.470. The van der Waals surface area contributed by atoms with E-state index in [2.05, 4.69) is 69.6 Å². The molecule has 1 aromatic carbocycles. The van der Waals surface area contributed by atoms with Crippen LogP contribution in [0.15, 0.2) is 24.3 Å². The second kappa shape index (κ2) is 6.46. The predicted octanol–water partition coefficient (Wildman–Crippen LogP) is 3.74. The van der Waals surface area contributed by atoms with Gasteiger partial charge in [0, 0.05) is 6.54 Å². The summed E-state index contributed by atoms with van der Waals surface area (Å²) in [5, 5.41) is 0. The Morgan fingerprint density at radius 3 is 2.18 bits per heavy atom. The molecular formula is C15H25NS. The molecule has 0 aliphatic heterocycles. The monoisotopic (exact) mass is 251 g/mol. The van der Waals surface area contributed by atoms with Gasteiger partial charge in [0.05, 0.1) is 0 Å². The van der Waals surface area contributed by atoms with E-state index in [-0.39, 0.29) is 5.41 Å². The van der Waals surface area contributed by atoms with Crippen molar-refractivity contribution in [1.29, 1.82) is 0 Å². The summed E-state index contributed by atoms with van der Waals surface area (Å²) in [6.07, 6.45) is 1.15. The zero-order chi connectivity index (χ0) is 12.9. The Morgan fingerprint density at radius 1 is 1.12 bits per heavy atom. The van der Waals surface area contributed by atoms with Gasteiger partial charge in [-0.2, -0.15) is 12.6 Å². The fourth-order valence-electron chi connectivity index (χ4n) is 1.84. The second-order valence-electron chi connectivity index (χ2n) is 5.76. The molecule has 0 fully saturated rings. The average molecular weight is 251 g/mol. The number of nitrogens with zero attached hydrogens (tertiary/aromatic N) is 1. The molecule has 0 saturated heterocycles. The molecule has 0 aliphatic carbocycles. The second-order valence-corrected chi connectivity index (χ2v) is 6.21. The quantitative estimate of drug-likeness (QED) is 0.780. The molecule has 1 rings (SSSR count). The standard InChI is InChI=1S/C15H25NS/c1-15(2,3)14-8-6-13(7-9-14)12-16(4)10-5-11-17/h6-9,17H,5,10-12H2,1-4H3. The first-order valence-electron chi connectivity index (χ1n) is 6.32. The summed E-state index contributed by atoms with van der Waals surface area (Å²) in [4.78, 5) is 2.35. The van der Waals surface area contributed by atoms with Gasteiger partial charge in [0.2, 0.25) is 0 Å². The molecular weight excluding hydrogens is 226 g/mol. The van der Waals surface area contributed by atoms with Crippen molar-refractivity contribution < 1.29 is 0 Å². The van der Waals surface area contributed by atoms with Gasteiger partial charge in [0.15, 0.2) is 0 Å². The third kappa shape index (κ3) is 5.13. The van der Waals surface area contributed by atoms with Gasteiger partial charge in [-0.15, -0.1) is 0 Å². The normalized spacial score (nSPS) is 12.1. The van der Waals surface area contributed by atoms with E-state index < -0.39 is 0 Å². The molecule has 0 radical (unpaired) electrons. The Bertz CT molecular complexity index is 324. The number of benzene rings is 1. The van der Waals surface area contributed by atoms with Crippen molar-refractivity contribution in [2.24, 2.45) is 0 Å². The minimum atomic E-state index is 0.246. The third-order valence-corrected chi connectivity index (χ3v) is 3.29. The van der Waals surface area contributed by atoms with Crippen LogP contribution in [0.3, 0.4) is 0 Å². The van der Waals surface area contributed by atoms with Crippen LogP contribution < -0.4 is 0 Å². The zero-order valence-corrected chi connectivity index (χ0v) is 12.4. The highest BCUT2D eigenvalue weighted by Crippen LogP contribution is 2.22. The molecule has 0 aromatic heterocycles.